The van der Waals surface area contributed by atoms with E-state index in [0.717, 1.165) is 35.1 Å². The molecule has 2 aromatic carbocycles. The van der Waals surface area contributed by atoms with Gasteiger partial charge in [-0.1, -0.05) is 80.9 Å². The molecule has 2 heterocycles. The van der Waals surface area contributed by atoms with Gasteiger partial charge in [0, 0.05) is 25.6 Å². The summed E-state index contributed by atoms with van der Waals surface area (Å²) in [7, 11) is 1.72. The van der Waals surface area contributed by atoms with E-state index < -0.39 is 5.76 Å². The second-order valence-electron chi connectivity index (χ2n) is 10.2. The lowest BCUT2D eigenvalue weighted by Gasteiger charge is -2.21. The molecule has 0 atom stereocenters. The molecule has 9 heteroatoms. The Hall–Kier alpha value is -4.27. The van der Waals surface area contributed by atoms with Crippen molar-refractivity contribution in [3.8, 4) is 22.5 Å². The Morgan fingerprint density at radius 1 is 1.08 bits per heavy atom. The standard InChI is InChI=1S/C30H35N5O4/c1-6-7-12-25-31-20(4)26(28(36)34(5)17-19(2)3)29(37)35(25)18-21-13-15-22(16-14-21)23-10-8-9-11-24(23)27-32-30(38)39-33-27/h8-11,13-16,19H,6-7,12,17-18H2,1-5H3,(H,32,33,38). The Balaban J connectivity index is 1.69. The van der Waals surface area contributed by atoms with E-state index in [0.29, 0.717) is 36.9 Å². The minimum Gasteiger partial charge on any atom is -0.341 e. The summed E-state index contributed by atoms with van der Waals surface area (Å²) in [5, 5.41) is 3.83. The van der Waals surface area contributed by atoms with Crippen molar-refractivity contribution in [2.24, 2.45) is 5.92 Å². The minimum absolute atomic E-state index is 0.130. The van der Waals surface area contributed by atoms with Crippen LogP contribution in [0.25, 0.3) is 22.5 Å². The number of nitrogens with one attached hydrogen (secondary N) is 1. The van der Waals surface area contributed by atoms with Crippen LogP contribution in [0.3, 0.4) is 0 Å². The molecule has 9 nitrogen and oxygen atoms in total. The molecule has 0 spiro atoms. The van der Waals surface area contributed by atoms with Crippen LogP contribution >= 0.6 is 0 Å². The molecule has 0 aliphatic heterocycles. The highest BCUT2D eigenvalue weighted by atomic mass is 16.5. The number of aryl methyl sites for hydroxylation is 2. The third-order valence-electron chi connectivity index (χ3n) is 6.61. The number of carbonyl (C=O) groups is 1. The van der Waals surface area contributed by atoms with E-state index in [1.807, 2.05) is 62.4 Å². The van der Waals surface area contributed by atoms with Crippen LogP contribution in [0.2, 0.25) is 0 Å². The molecular weight excluding hydrogens is 494 g/mol. The first kappa shape index (κ1) is 27.8. The summed E-state index contributed by atoms with van der Waals surface area (Å²) in [4.78, 5) is 47.4. The van der Waals surface area contributed by atoms with Gasteiger partial charge in [-0.2, -0.15) is 0 Å². The molecule has 0 bridgehead atoms. The van der Waals surface area contributed by atoms with E-state index in [4.69, 9.17) is 4.98 Å². The molecule has 4 rings (SSSR count). The summed E-state index contributed by atoms with van der Waals surface area (Å²) in [6.45, 7) is 8.77. The van der Waals surface area contributed by atoms with Crippen LogP contribution < -0.4 is 11.3 Å². The SMILES string of the molecule is CCCCc1nc(C)c(C(=O)N(C)CC(C)C)c(=O)n1Cc1ccc(-c2ccccc2-c2noc(=O)[nH]2)cc1. The summed E-state index contributed by atoms with van der Waals surface area (Å²) in [5.74, 6) is 0.419. The Kier molecular flexibility index (Phi) is 8.59. The molecule has 0 radical (unpaired) electrons. The van der Waals surface area contributed by atoms with Crippen LogP contribution in [-0.4, -0.2) is 44.1 Å². The van der Waals surface area contributed by atoms with Gasteiger partial charge in [0.1, 0.15) is 11.4 Å². The van der Waals surface area contributed by atoms with Crippen molar-refractivity contribution < 1.29 is 9.32 Å². The summed E-state index contributed by atoms with van der Waals surface area (Å²) in [6.07, 6.45) is 2.52. The summed E-state index contributed by atoms with van der Waals surface area (Å²) >= 11 is 0. The Bertz CT molecular complexity index is 1560. The molecule has 0 aliphatic rings. The molecule has 2 aromatic heterocycles. The van der Waals surface area contributed by atoms with Gasteiger partial charge < -0.3 is 4.90 Å². The van der Waals surface area contributed by atoms with E-state index in [-0.39, 0.29) is 22.9 Å². The molecule has 0 unspecified atom stereocenters. The van der Waals surface area contributed by atoms with Crippen molar-refractivity contribution in [1.29, 1.82) is 0 Å². The fourth-order valence-corrected chi connectivity index (χ4v) is 4.73. The van der Waals surface area contributed by atoms with Crippen molar-refractivity contribution in [2.45, 2.75) is 53.5 Å². The third kappa shape index (κ3) is 6.25. The number of benzene rings is 2. The molecule has 1 N–H and O–H groups in total. The molecular formula is C30H35N5O4. The first-order valence-corrected chi connectivity index (χ1v) is 13.3. The summed E-state index contributed by atoms with van der Waals surface area (Å²) in [6, 6.07) is 15.4. The van der Waals surface area contributed by atoms with Crippen molar-refractivity contribution >= 4 is 5.91 Å². The number of hydrogen-bond acceptors (Lipinski definition) is 6. The molecule has 1 amide bonds. The van der Waals surface area contributed by atoms with Crippen molar-refractivity contribution in [3.63, 3.8) is 0 Å². The highest BCUT2D eigenvalue weighted by molar-refractivity contribution is 5.94. The number of hydrogen-bond donors (Lipinski definition) is 1. The van der Waals surface area contributed by atoms with Crippen molar-refractivity contribution in [1.82, 2.24) is 24.6 Å². The van der Waals surface area contributed by atoms with E-state index in [1.54, 1.807) is 23.4 Å². The predicted molar refractivity (Wildman–Crippen MR) is 151 cm³/mol. The molecule has 0 saturated carbocycles. The second-order valence-corrected chi connectivity index (χ2v) is 10.2. The third-order valence-corrected chi connectivity index (χ3v) is 6.61. The normalized spacial score (nSPS) is 11.2. The number of carbonyl (C=O) groups excluding carboxylic acids is 1. The summed E-state index contributed by atoms with van der Waals surface area (Å²) < 4.78 is 6.33. The monoisotopic (exact) mass is 529 g/mol. The van der Waals surface area contributed by atoms with Gasteiger partial charge in [0.25, 0.3) is 11.5 Å². The van der Waals surface area contributed by atoms with Crippen LogP contribution in [0.5, 0.6) is 0 Å². The number of unbranched alkanes of at least 4 members (excludes halogenated alkanes) is 1. The molecule has 0 aliphatic carbocycles. The fourth-order valence-electron chi connectivity index (χ4n) is 4.73. The fraction of sp³-hybridized carbons (Fsp3) is 0.367. The minimum atomic E-state index is -0.612. The van der Waals surface area contributed by atoms with Crippen LogP contribution in [0.15, 0.2) is 62.6 Å². The van der Waals surface area contributed by atoms with E-state index in [1.165, 1.54) is 0 Å². The molecule has 4 aromatic rings. The first-order valence-electron chi connectivity index (χ1n) is 13.3. The zero-order valence-electron chi connectivity index (χ0n) is 23.2. The highest BCUT2D eigenvalue weighted by Gasteiger charge is 2.23. The topological polar surface area (TPSA) is 114 Å². The van der Waals surface area contributed by atoms with Crippen molar-refractivity contribution in [2.75, 3.05) is 13.6 Å². The van der Waals surface area contributed by atoms with E-state index in [2.05, 4.69) is 21.6 Å². The number of aromatic nitrogens is 4. The van der Waals surface area contributed by atoms with Gasteiger partial charge in [-0.25, -0.2) is 9.78 Å². The first-order chi connectivity index (χ1) is 18.7. The Labute approximate surface area is 227 Å². The van der Waals surface area contributed by atoms with Gasteiger partial charge in [-0.15, -0.1) is 0 Å². The second kappa shape index (κ2) is 12.1. The molecule has 0 saturated heterocycles. The zero-order chi connectivity index (χ0) is 28.1. The maximum atomic E-state index is 13.7. The number of rotatable bonds is 10. The zero-order valence-corrected chi connectivity index (χ0v) is 23.2. The molecule has 39 heavy (non-hydrogen) atoms. The van der Waals surface area contributed by atoms with Gasteiger partial charge in [0.15, 0.2) is 5.82 Å². The van der Waals surface area contributed by atoms with Crippen molar-refractivity contribution in [3.05, 3.63) is 92.1 Å². The maximum absolute atomic E-state index is 13.7. The average Bonchev–Trinajstić information content (AvgIpc) is 3.35. The van der Waals surface area contributed by atoms with Gasteiger partial charge in [0.05, 0.1) is 12.2 Å². The van der Waals surface area contributed by atoms with Crippen LogP contribution in [0.4, 0.5) is 0 Å². The van der Waals surface area contributed by atoms with Gasteiger partial charge in [-0.3, -0.25) is 23.7 Å². The van der Waals surface area contributed by atoms with Crippen LogP contribution in [-0.2, 0) is 13.0 Å². The largest absolute Gasteiger partial charge is 0.439 e. The highest BCUT2D eigenvalue weighted by Crippen LogP contribution is 2.30. The predicted octanol–water partition coefficient (Wildman–Crippen LogP) is 4.68. The Morgan fingerprint density at radius 3 is 2.38 bits per heavy atom. The van der Waals surface area contributed by atoms with Crippen LogP contribution in [0.1, 0.15) is 61.1 Å². The molecule has 0 fully saturated rings. The smallest absolute Gasteiger partial charge is 0.341 e. The lowest BCUT2D eigenvalue weighted by atomic mass is 9.98. The number of nitrogens with zero attached hydrogens (tertiary/aromatic N) is 4. The quantitative estimate of drug-likeness (QED) is 0.319. The van der Waals surface area contributed by atoms with E-state index in [9.17, 15) is 14.4 Å². The lowest BCUT2D eigenvalue weighted by Crippen LogP contribution is -2.39. The molecule has 204 valence electrons. The van der Waals surface area contributed by atoms with Crippen LogP contribution in [0, 0.1) is 12.8 Å². The van der Waals surface area contributed by atoms with Gasteiger partial charge in [-0.05, 0) is 36.0 Å². The number of aromatic amines is 1. The lowest BCUT2D eigenvalue weighted by molar-refractivity contribution is 0.0775. The summed E-state index contributed by atoms with van der Waals surface area (Å²) in [5.41, 5.74) is 3.75. The van der Waals surface area contributed by atoms with E-state index >= 15 is 0 Å². The van der Waals surface area contributed by atoms with Gasteiger partial charge >= 0.3 is 5.76 Å². The maximum Gasteiger partial charge on any atom is 0.439 e. The Morgan fingerprint density at radius 2 is 1.77 bits per heavy atom. The van der Waals surface area contributed by atoms with Gasteiger partial charge in [0.2, 0.25) is 0 Å². The number of amides is 1. The average molecular weight is 530 g/mol. The number of H-pyrrole nitrogens is 1.